The third-order valence-electron chi connectivity index (χ3n) is 1.37. The molecule has 0 aliphatic heterocycles. The molecule has 0 saturated carbocycles. The fraction of sp³-hybridized carbons (Fsp3) is 0.286. The van der Waals surface area contributed by atoms with Gasteiger partial charge in [0.05, 0.1) is 6.61 Å². The summed E-state index contributed by atoms with van der Waals surface area (Å²) in [5, 5.41) is 14.9. The highest BCUT2D eigenvalue weighted by molar-refractivity contribution is 8.00. The third-order valence-corrected chi connectivity index (χ3v) is 2.99. The van der Waals surface area contributed by atoms with Crippen LogP contribution in [-0.4, -0.2) is 33.0 Å². The van der Waals surface area contributed by atoms with E-state index in [0.29, 0.717) is 4.34 Å². The molecule has 0 saturated heterocycles. The fourth-order valence-corrected chi connectivity index (χ4v) is 2.06. The van der Waals surface area contributed by atoms with Gasteiger partial charge in [-0.1, -0.05) is 16.4 Å². The molecule has 0 atom stereocenters. The number of hydrogen-bond acceptors (Lipinski definition) is 9. The largest absolute Gasteiger partial charge is 0.459 e. The van der Waals surface area contributed by atoms with Crippen molar-refractivity contribution in [3.63, 3.8) is 0 Å². The zero-order valence-corrected chi connectivity index (χ0v) is 9.75. The lowest BCUT2D eigenvalue weighted by Crippen LogP contribution is -2.04. The van der Waals surface area contributed by atoms with E-state index in [-0.39, 0.29) is 17.7 Å². The molecule has 0 fully saturated rings. The minimum Gasteiger partial charge on any atom is -0.459 e. The second-order valence-electron chi connectivity index (χ2n) is 2.40. The number of aromatic nitrogens is 4. The van der Waals surface area contributed by atoms with Gasteiger partial charge < -0.3 is 9.15 Å². The van der Waals surface area contributed by atoms with Gasteiger partial charge in [0.15, 0.2) is 4.34 Å². The van der Waals surface area contributed by atoms with Gasteiger partial charge in [-0.3, -0.25) is 0 Å². The summed E-state index contributed by atoms with van der Waals surface area (Å²) in [7, 11) is 0. The van der Waals surface area contributed by atoms with Crippen LogP contribution in [0.15, 0.2) is 19.5 Å². The molecule has 16 heavy (non-hydrogen) atoms. The number of hydrogen-bond donors (Lipinski definition) is 0. The fourth-order valence-electron chi connectivity index (χ4n) is 0.808. The van der Waals surface area contributed by atoms with Gasteiger partial charge in [0, 0.05) is 11.8 Å². The van der Waals surface area contributed by atoms with E-state index < -0.39 is 5.97 Å². The van der Waals surface area contributed by atoms with Crippen molar-refractivity contribution in [2.75, 3.05) is 6.61 Å². The minimum absolute atomic E-state index is 0.158. The van der Waals surface area contributed by atoms with Gasteiger partial charge in [0.2, 0.25) is 0 Å². The summed E-state index contributed by atoms with van der Waals surface area (Å²) in [6.07, 6.45) is 0. The number of ether oxygens (including phenoxy) is 1. The number of esters is 1. The molecule has 0 bridgehead atoms. The van der Waals surface area contributed by atoms with E-state index in [1.807, 2.05) is 0 Å². The van der Waals surface area contributed by atoms with Crippen LogP contribution in [-0.2, 0) is 4.74 Å². The van der Waals surface area contributed by atoms with E-state index in [9.17, 15) is 4.79 Å². The third kappa shape index (κ3) is 2.55. The zero-order valence-electron chi connectivity index (χ0n) is 8.11. The van der Waals surface area contributed by atoms with Gasteiger partial charge in [0.25, 0.3) is 5.22 Å². The molecule has 0 amide bonds. The molecule has 0 aliphatic rings. The molecule has 7 nitrogen and oxygen atoms in total. The van der Waals surface area contributed by atoms with Crippen LogP contribution in [0.5, 0.6) is 0 Å². The van der Waals surface area contributed by atoms with Crippen molar-refractivity contribution in [1.29, 1.82) is 0 Å². The topological polar surface area (TPSA) is 91.0 Å². The summed E-state index contributed by atoms with van der Waals surface area (Å²) in [5.41, 5.74) is 1.59. The Hall–Kier alpha value is -1.48. The molecule has 0 aliphatic carbocycles. The van der Waals surface area contributed by atoms with Crippen molar-refractivity contribution < 1.29 is 13.9 Å². The summed E-state index contributed by atoms with van der Waals surface area (Å²) < 4.78 is 10.4. The average molecular weight is 258 g/mol. The SMILES string of the molecule is CCOC(=O)c1nnc(Sc2nncs2)o1. The van der Waals surface area contributed by atoms with Crippen LogP contribution in [0.4, 0.5) is 0 Å². The first-order valence-corrected chi connectivity index (χ1v) is 5.94. The molecule has 0 aromatic carbocycles. The van der Waals surface area contributed by atoms with Crippen LogP contribution in [0.3, 0.4) is 0 Å². The van der Waals surface area contributed by atoms with Crippen molar-refractivity contribution in [3.8, 4) is 0 Å². The summed E-state index contributed by atoms with van der Waals surface area (Å²) >= 11 is 2.49. The van der Waals surface area contributed by atoms with E-state index in [1.165, 1.54) is 11.3 Å². The molecule has 0 radical (unpaired) electrons. The molecule has 2 aromatic heterocycles. The molecule has 0 spiro atoms. The average Bonchev–Trinajstić information content (AvgIpc) is 2.90. The summed E-state index contributed by atoms with van der Waals surface area (Å²) in [4.78, 5) is 11.2. The van der Waals surface area contributed by atoms with Crippen LogP contribution in [0.2, 0.25) is 0 Å². The number of rotatable bonds is 4. The summed E-state index contributed by atoms with van der Waals surface area (Å²) in [5.74, 6) is -0.784. The maximum atomic E-state index is 11.2. The van der Waals surface area contributed by atoms with Gasteiger partial charge >= 0.3 is 11.9 Å². The van der Waals surface area contributed by atoms with Crippen molar-refractivity contribution >= 4 is 29.1 Å². The van der Waals surface area contributed by atoms with Gasteiger partial charge in [0.1, 0.15) is 5.51 Å². The van der Waals surface area contributed by atoms with E-state index >= 15 is 0 Å². The van der Waals surface area contributed by atoms with Crippen molar-refractivity contribution in [2.45, 2.75) is 16.5 Å². The standard InChI is InChI=1S/C7H6N4O3S2/c1-2-13-5(12)4-9-10-6(14-4)16-7-11-8-3-15-7/h3H,2H2,1H3. The van der Waals surface area contributed by atoms with E-state index in [1.54, 1.807) is 12.4 Å². The van der Waals surface area contributed by atoms with Crippen molar-refractivity contribution in [3.05, 3.63) is 11.4 Å². The van der Waals surface area contributed by atoms with Crippen LogP contribution in [0, 0.1) is 0 Å². The molecular formula is C7H6N4O3S2. The first-order chi connectivity index (χ1) is 7.79. The van der Waals surface area contributed by atoms with Crippen molar-refractivity contribution in [1.82, 2.24) is 20.4 Å². The Bertz CT molecular complexity index is 470. The Kier molecular flexibility index (Phi) is 3.47. The van der Waals surface area contributed by atoms with Crippen LogP contribution >= 0.6 is 23.1 Å². The maximum absolute atomic E-state index is 11.2. The van der Waals surface area contributed by atoms with Crippen LogP contribution in [0.25, 0.3) is 0 Å². The molecule has 84 valence electrons. The Labute approximate surface area is 98.2 Å². The zero-order chi connectivity index (χ0) is 11.4. The quantitative estimate of drug-likeness (QED) is 0.757. The van der Waals surface area contributed by atoms with E-state index in [4.69, 9.17) is 9.15 Å². The van der Waals surface area contributed by atoms with E-state index in [0.717, 1.165) is 11.8 Å². The molecule has 0 N–H and O–H groups in total. The molecule has 0 unspecified atom stereocenters. The molecule has 9 heteroatoms. The second kappa shape index (κ2) is 5.03. The molecular weight excluding hydrogens is 252 g/mol. The first kappa shape index (κ1) is 11.0. The number of carbonyl (C=O) groups excluding carboxylic acids is 1. The van der Waals surface area contributed by atoms with Gasteiger partial charge in [-0.25, -0.2) is 4.79 Å². The lowest BCUT2D eigenvalue weighted by molar-refractivity contribution is 0.0475. The second-order valence-corrected chi connectivity index (χ2v) is 4.43. The van der Waals surface area contributed by atoms with Gasteiger partial charge in [-0.05, 0) is 6.92 Å². The predicted molar refractivity (Wildman–Crippen MR) is 54.3 cm³/mol. The molecule has 2 rings (SSSR count). The molecule has 2 heterocycles. The van der Waals surface area contributed by atoms with Crippen molar-refractivity contribution in [2.24, 2.45) is 0 Å². The maximum Gasteiger partial charge on any atom is 0.396 e. The Balaban J connectivity index is 2.05. The normalized spacial score (nSPS) is 10.3. The highest BCUT2D eigenvalue weighted by Gasteiger charge is 2.17. The lowest BCUT2D eigenvalue weighted by atomic mass is 10.7. The smallest absolute Gasteiger partial charge is 0.396 e. The molecule has 2 aromatic rings. The Morgan fingerprint density at radius 3 is 3.12 bits per heavy atom. The first-order valence-electron chi connectivity index (χ1n) is 4.24. The Morgan fingerprint density at radius 1 is 1.56 bits per heavy atom. The van der Waals surface area contributed by atoms with Crippen LogP contribution in [0.1, 0.15) is 17.6 Å². The van der Waals surface area contributed by atoms with Gasteiger partial charge in [-0.15, -0.1) is 15.3 Å². The highest BCUT2D eigenvalue weighted by Crippen LogP contribution is 2.27. The number of nitrogens with zero attached hydrogens (tertiary/aromatic N) is 4. The number of carbonyl (C=O) groups is 1. The minimum atomic E-state index is -0.626. The van der Waals surface area contributed by atoms with E-state index in [2.05, 4.69) is 20.4 Å². The highest BCUT2D eigenvalue weighted by atomic mass is 32.2. The lowest BCUT2D eigenvalue weighted by Gasteiger charge is -1.93. The Morgan fingerprint density at radius 2 is 2.44 bits per heavy atom. The summed E-state index contributed by atoms with van der Waals surface area (Å²) in [6.45, 7) is 1.96. The predicted octanol–water partition coefficient (Wildman–Crippen LogP) is 1.25. The van der Waals surface area contributed by atoms with Gasteiger partial charge in [-0.2, -0.15) is 0 Å². The monoisotopic (exact) mass is 258 g/mol. The summed E-state index contributed by atoms with van der Waals surface area (Å²) in [6, 6.07) is 0. The van der Waals surface area contributed by atoms with Crippen LogP contribution < -0.4 is 0 Å².